The Morgan fingerprint density at radius 2 is 1.92 bits per heavy atom. The van der Waals surface area contributed by atoms with Crippen LogP contribution < -0.4 is 4.74 Å². The van der Waals surface area contributed by atoms with E-state index in [2.05, 4.69) is 10.2 Å². The molecule has 0 N–H and O–H groups in total. The number of ether oxygens (including phenoxy) is 1. The van der Waals surface area contributed by atoms with E-state index >= 15 is 0 Å². The quantitative estimate of drug-likeness (QED) is 0.601. The Hall–Kier alpha value is -1.98. The zero-order valence-corrected chi connectivity index (χ0v) is 15.1. The van der Waals surface area contributed by atoms with Crippen LogP contribution in [0.15, 0.2) is 53.7 Å². The van der Waals surface area contributed by atoms with Gasteiger partial charge in [0.2, 0.25) is 0 Å². The molecule has 0 bridgehead atoms. The lowest BCUT2D eigenvalue weighted by Gasteiger charge is -2.07. The van der Waals surface area contributed by atoms with Gasteiger partial charge in [-0.2, -0.15) is 0 Å². The lowest BCUT2D eigenvalue weighted by molar-refractivity contribution is 0.290. The van der Waals surface area contributed by atoms with E-state index in [0.717, 1.165) is 27.5 Å². The molecule has 0 amide bonds. The molecule has 3 aromatic rings. The molecule has 0 saturated heterocycles. The first kappa shape index (κ1) is 16.9. The monoisotopic (exact) mass is 359 g/mol. The van der Waals surface area contributed by atoms with Crippen LogP contribution in [-0.4, -0.2) is 14.8 Å². The number of rotatable bonds is 6. The van der Waals surface area contributed by atoms with Crippen LogP contribution in [-0.2, 0) is 19.4 Å². The molecule has 0 saturated carbocycles. The number of nitrogens with zero attached hydrogens (tertiary/aromatic N) is 3. The molecule has 0 aliphatic carbocycles. The zero-order valence-electron chi connectivity index (χ0n) is 13.6. The van der Waals surface area contributed by atoms with E-state index in [1.54, 1.807) is 11.8 Å². The SMILES string of the molecule is Cc1cccc(OCc2nnc(SCc3ccc(Cl)cc3)n2C)c1. The maximum atomic E-state index is 5.91. The largest absolute Gasteiger partial charge is 0.486 e. The Balaban J connectivity index is 1.60. The van der Waals surface area contributed by atoms with Gasteiger partial charge in [0, 0.05) is 17.8 Å². The molecule has 2 aromatic carbocycles. The van der Waals surface area contributed by atoms with E-state index in [4.69, 9.17) is 16.3 Å². The van der Waals surface area contributed by atoms with Gasteiger partial charge in [-0.25, -0.2) is 0 Å². The van der Waals surface area contributed by atoms with Gasteiger partial charge in [-0.3, -0.25) is 0 Å². The lowest BCUT2D eigenvalue weighted by atomic mass is 10.2. The third kappa shape index (κ3) is 4.30. The van der Waals surface area contributed by atoms with Crippen LogP contribution in [0.25, 0.3) is 0 Å². The van der Waals surface area contributed by atoms with E-state index in [1.165, 1.54) is 11.1 Å². The van der Waals surface area contributed by atoms with E-state index < -0.39 is 0 Å². The van der Waals surface area contributed by atoms with Crippen LogP contribution in [0.4, 0.5) is 0 Å². The van der Waals surface area contributed by atoms with Crippen molar-refractivity contribution in [3.63, 3.8) is 0 Å². The molecule has 0 spiro atoms. The van der Waals surface area contributed by atoms with Crippen LogP contribution >= 0.6 is 23.4 Å². The van der Waals surface area contributed by atoms with E-state index in [9.17, 15) is 0 Å². The highest BCUT2D eigenvalue weighted by atomic mass is 35.5. The van der Waals surface area contributed by atoms with Gasteiger partial charge in [0.05, 0.1) is 0 Å². The van der Waals surface area contributed by atoms with Crippen molar-refractivity contribution in [1.82, 2.24) is 14.8 Å². The number of aryl methyl sites for hydroxylation is 1. The van der Waals surface area contributed by atoms with Crippen molar-refractivity contribution in [1.29, 1.82) is 0 Å². The summed E-state index contributed by atoms with van der Waals surface area (Å²) in [5.41, 5.74) is 2.37. The van der Waals surface area contributed by atoms with Crippen molar-refractivity contribution in [3.8, 4) is 5.75 Å². The standard InChI is InChI=1S/C18H18ClN3OS/c1-13-4-3-5-16(10-13)23-11-17-20-21-18(22(17)2)24-12-14-6-8-15(19)9-7-14/h3-10H,11-12H2,1-2H3. The molecular formula is C18H18ClN3OS. The summed E-state index contributed by atoms with van der Waals surface area (Å²) in [5.74, 6) is 2.46. The average Bonchev–Trinajstić information content (AvgIpc) is 2.93. The summed E-state index contributed by atoms with van der Waals surface area (Å²) in [6, 6.07) is 15.8. The maximum absolute atomic E-state index is 5.91. The summed E-state index contributed by atoms with van der Waals surface area (Å²) in [6.07, 6.45) is 0. The van der Waals surface area contributed by atoms with Crippen molar-refractivity contribution in [2.75, 3.05) is 0 Å². The Morgan fingerprint density at radius 3 is 2.67 bits per heavy atom. The molecule has 0 fully saturated rings. The molecule has 24 heavy (non-hydrogen) atoms. The fraction of sp³-hybridized carbons (Fsp3) is 0.222. The maximum Gasteiger partial charge on any atom is 0.191 e. The highest BCUT2D eigenvalue weighted by Gasteiger charge is 2.10. The Morgan fingerprint density at radius 1 is 1.12 bits per heavy atom. The van der Waals surface area contributed by atoms with Gasteiger partial charge in [-0.1, -0.05) is 47.6 Å². The summed E-state index contributed by atoms with van der Waals surface area (Å²) < 4.78 is 7.76. The van der Waals surface area contributed by atoms with Gasteiger partial charge in [0.1, 0.15) is 12.4 Å². The first-order valence-corrected chi connectivity index (χ1v) is 8.93. The van der Waals surface area contributed by atoms with E-state index in [0.29, 0.717) is 6.61 Å². The number of thioether (sulfide) groups is 1. The summed E-state index contributed by atoms with van der Waals surface area (Å²) >= 11 is 7.55. The minimum Gasteiger partial charge on any atom is -0.486 e. The number of benzene rings is 2. The summed E-state index contributed by atoms with van der Waals surface area (Å²) in [6.45, 7) is 2.44. The second-order valence-electron chi connectivity index (χ2n) is 5.48. The molecule has 124 valence electrons. The molecule has 0 aliphatic heterocycles. The second kappa shape index (κ2) is 7.73. The second-order valence-corrected chi connectivity index (χ2v) is 6.86. The topological polar surface area (TPSA) is 39.9 Å². The first-order chi connectivity index (χ1) is 11.6. The first-order valence-electron chi connectivity index (χ1n) is 7.57. The highest BCUT2D eigenvalue weighted by molar-refractivity contribution is 7.98. The summed E-state index contributed by atoms with van der Waals surface area (Å²) in [4.78, 5) is 0. The smallest absolute Gasteiger partial charge is 0.191 e. The predicted octanol–water partition coefficient (Wildman–Crippen LogP) is 4.65. The van der Waals surface area contributed by atoms with Crippen molar-refractivity contribution in [2.45, 2.75) is 24.4 Å². The van der Waals surface area contributed by atoms with Crippen molar-refractivity contribution >= 4 is 23.4 Å². The Labute approximate surface area is 150 Å². The molecular weight excluding hydrogens is 342 g/mol. The van der Waals surface area contributed by atoms with Crippen molar-refractivity contribution in [3.05, 3.63) is 70.5 Å². The number of halogens is 1. The van der Waals surface area contributed by atoms with Crippen LogP contribution in [0.1, 0.15) is 17.0 Å². The van der Waals surface area contributed by atoms with Gasteiger partial charge in [-0.15, -0.1) is 10.2 Å². The minimum atomic E-state index is 0.397. The van der Waals surface area contributed by atoms with Crippen LogP contribution in [0.5, 0.6) is 5.75 Å². The fourth-order valence-electron chi connectivity index (χ4n) is 2.18. The number of hydrogen-bond donors (Lipinski definition) is 0. The number of aromatic nitrogens is 3. The molecule has 1 aromatic heterocycles. The minimum absolute atomic E-state index is 0.397. The molecule has 6 heteroatoms. The number of hydrogen-bond acceptors (Lipinski definition) is 4. The predicted molar refractivity (Wildman–Crippen MR) is 97.5 cm³/mol. The fourth-order valence-corrected chi connectivity index (χ4v) is 3.19. The molecule has 4 nitrogen and oxygen atoms in total. The molecule has 3 rings (SSSR count). The normalized spacial score (nSPS) is 10.8. The van der Waals surface area contributed by atoms with Gasteiger partial charge in [-0.05, 0) is 42.3 Å². The summed E-state index contributed by atoms with van der Waals surface area (Å²) in [5, 5.41) is 10.1. The van der Waals surface area contributed by atoms with E-state index in [1.807, 2.05) is 67.1 Å². The summed E-state index contributed by atoms with van der Waals surface area (Å²) in [7, 11) is 1.96. The van der Waals surface area contributed by atoms with Crippen LogP contribution in [0, 0.1) is 6.92 Å². The lowest BCUT2D eigenvalue weighted by Crippen LogP contribution is -2.04. The zero-order chi connectivity index (χ0) is 16.9. The average molecular weight is 360 g/mol. The van der Waals surface area contributed by atoms with Crippen molar-refractivity contribution in [2.24, 2.45) is 7.05 Å². The third-order valence-electron chi connectivity index (χ3n) is 3.56. The molecule has 1 heterocycles. The highest BCUT2D eigenvalue weighted by Crippen LogP contribution is 2.22. The van der Waals surface area contributed by atoms with Gasteiger partial charge in [0.15, 0.2) is 11.0 Å². The Bertz CT molecular complexity index is 817. The van der Waals surface area contributed by atoms with Crippen molar-refractivity contribution < 1.29 is 4.74 Å². The van der Waals surface area contributed by atoms with Crippen LogP contribution in [0.3, 0.4) is 0 Å². The molecule has 0 atom stereocenters. The van der Waals surface area contributed by atoms with Gasteiger partial charge < -0.3 is 9.30 Å². The molecule has 0 unspecified atom stereocenters. The van der Waals surface area contributed by atoms with Gasteiger partial charge >= 0.3 is 0 Å². The third-order valence-corrected chi connectivity index (χ3v) is 4.91. The van der Waals surface area contributed by atoms with Crippen LogP contribution in [0.2, 0.25) is 5.02 Å². The molecule has 0 aliphatic rings. The van der Waals surface area contributed by atoms with E-state index in [-0.39, 0.29) is 0 Å². The van der Waals surface area contributed by atoms with Gasteiger partial charge in [0.25, 0.3) is 0 Å². The molecule has 0 radical (unpaired) electrons. The Kier molecular flexibility index (Phi) is 5.43.